The molecule has 2 heterocycles. The molecule has 1 aromatic rings. The van der Waals surface area contributed by atoms with Gasteiger partial charge in [-0.3, -0.25) is 0 Å². The molecule has 0 spiro atoms. The average Bonchev–Trinajstić information content (AvgIpc) is 2.96. The number of hydrogen-bond donors (Lipinski definition) is 1. The maximum absolute atomic E-state index is 12.6. The van der Waals surface area contributed by atoms with Crippen LogP contribution in [0.5, 0.6) is 0 Å². The van der Waals surface area contributed by atoms with Crippen molar-refractivity contribution in [2.45, 2.75) is 36.4 Å². The van der Waals surface area contributed by atoms with E-state index in [9.17, 15) is 8.42 Å². The minimum absolute atomic E-state index is 0. The van der Waals surface area contributed by atoms with E-state index in [0.29, 0.717) is 29.1 Å². The molecule has 3 rings (SSSR count). The zero-order chi connectivity index (χ0) is 13.6. The van der Waals surface area contributed by atoms with E-state index in [0.717, 1.165) is 24.3 Å². The molecule has 1 aliphatic heterocycles. The Morgan fingerprint density at radius 2 is 2.15 bits per heavy atom. The second kappa shape index (κ2) is 5.88. The highest BCUT2D eigenvalue weighted by Crippen LogP contribution is 2.38. The number of nitrogens with two attached hydrogens (primary N) is 1. The van der Waals surface area contributed by atoms with Crippen LogP contribution in [-0.4, -0.2) is 36.8 Å². The Hall–Kier alpha value is -0.210. The zero-order valence-corrected chi connectivity index (χ0v) is 13.8. The van der Waals surface area contributed by atoms with Crippen molar-refractivity contribution < 1.29 is 8.42 Å². The molecule has 3 atom stereocenters. The molecule has 1 aliphatic carbocycles. The second-order valence-electron chi connectivity index (χ2n) is 5.54. The van der Waals surface area contributed by atoms with Crippen LogP contribution in [0.25, 0.3) is 0 Å². The minimum Gasteiger partial charge on any atom is -0.327 e. The van der Waals surface area contributed by atoms with E-state index in [1.54, 1.807) is 4.31 Å². The number of nitrogens with zero attached hydrogens (tertiary/aromatic N) is 2. The fraction of sp³-hybridized carbons (Fsp3) is 0.750. The molecule has 8 heteroatoms. The van der Waals surface area contributed by atoms with Gasteiger partial charge in [0.15, 0.2) is 4.21 Å². The molecule has 1 saturated heterocycles. The number of thiazole rings is 1. The highest BCUT2D eigenvalue weighted by Gasteiger charge is 2.43. The SMILES string of the molecule is Cc1ncc(S(=O)(=O)N2CC3CCCC(N)C3C2)s1.Cl. The Balaban J connectivity index is 0.00000147. The summed E-state index contributed by atoms with van der Waals surface area (Å²) in [5.41, 5.74) is 6.14. The normalized spacial score (nSPS) is 30.8. The average molecular weight is 338 g/mol. The van der Waals surface area contributed by atoms with Crippen molar-refractivity contribution in [3.63, 3.8) is 0 Å². The Kier molecular flexibility index (Phi) is 4.76. The minimum atomic E-state index is -3.37. The predicted octanol–water partition coefficient (Wildman–Crippen LogP) is 1.62. The molecule has 0 amide bonds. The maximum atomic E-state index is 12.6. The van der Waals surface area contributed by atoms with E-state index < -0.39 is 10.0 Å². The largest absolute Gasteiger partial charge is 0.327 e. The van der Waals surface area contributed by atoms with Crippen LogP contribution in [0.15, 0.2) is 10.4 Å². The smallest absolute Gasteiger partial charge is 0.254 e. The number of aryl methyl sites for hydroxylation is 1. The molecule has 2 aliphatic rings. The number of fused-ring (bicyclic) bond motifs is 1. The molecular formula is C12H20ClN3O2S2. The number of halogens is 1. The van der Waals surface area contributed by atoms with Gasteiger partial charge in [0.25, 0.3) is 10.0 Å². The van der Waals surface area contributed by atoms with Crippen LogP contribution in [0.1, 0.15) is 24.3 Å². The first-order valence-corrected chi connectivity index (χ1v) is 8.92. The van der Waals surface area contributed by atoms with Crippen molar-refractivity contribution in [2.75, 3.05) is 13.1 Å². The third-order valence-corrected chi connectivity index (χ3v) is 7.50. The molecule has 1 aromatic heterocycles. The standard InChI is InChI=1S/C12H19N3O2S2.ClH/c1-8-14-5-12(18-8)19(16,17)15-6-9-3-2-4-11(13)10(9)7-15;/h5,9-11H,2-4,6-7,13H2,1H3;1H. The number of rotatable bonds is 2. The molecule has 2 fully saturated rings. The van der Waals surface area contributed by atoms with Crippen molar-refractivity contribution in [3.8, 4) is 0 Å². The van der Waals surface area contributed by atoms with Gasteiger partial charge in [0.1, 0.15) is 0 Å². The molecule has 5 nitrogen and oxygen atoms in total. The van der Waals surface area contributed by atoms with Crippen LogP contribution in [0.3, 0.4) is 0 Å². The van der Waals surface area contributed by atoms with Gasteiger partial charge in [-0.2, -0.15) is 4.31 Å². The maximum Gasteiger partial charge on any atom is 0.254 e. The summed E-state index contributed by atoms with van der Waals surface area (Å²) >= 11 is 1.24. The van der Waals surface area contributed by atoms with Gasteiger partial charge < -0.3 is 5.73 Å². The van der Waals surface area contributed by atoms with E-state index in [1.165, 1.54) is 17.5 Å². The van der Waals surface area contributed by atoms with Gasteiger partial charge in [-0.05, 0) is 31.6 Å². The molecule has 3 unspecified atom stereocenters. The number of hydrogen-bond acceptors (Lipinski definition) is 5. The van der Waals surface area contributed by atoms with Crippen LogP contribution < -0.4 is 5.73 Å². The molecule has 0 bridgehead atoms. The molecule has 1 saturated carbocycles. The van der Waals surface area contributed by atoms with E-state index in [2.05, 4.69) is 4.98 Å². The van der Waals surface area contributed by atoms with Gasteiger partial charge in [-0.1, -0.05) is 6.42 Å². The van der Waals surface area contributed by atoms with Crippen LogP contribution in [0.2, 0.25) is 0 Å². The lowest BCUT2D eigenvalue weighted by Crippen LogP contribution is -2.38. The summed E-state index contributed by atoms with van der Waals surface area (Å²) in [6.07, 6.45) is 4.72. The first kappa shape index (κ1) is 16.2. The first-order valence-electron chi connectivity index (χ1n) is 6.66. The third-order valence-electron chi connectivity index (χ3n) is 4.31. The lowest BCUT2D eigenvalue weighted by molar-refractivity contribution is 0.260. The Morgan fingerprint density at radius 1 is 1.40 bits per heavy atom. The third kappa shape index (κ3) is 2.74. The summed E-state index contributed by atoms with van der Waals surface area (Å²) in [5, 5.41) is 0.784. The molecule has 0 radical (unpaired) electrons. The first-order chi connectivity index (χ1) is 8.98. The molecule has 0 aromatic carbocycles. The van der Waals surface area contributed by atoms with Crippen molar-refractivity contribution >= 4 is 33.8 Å². The summed E-state index contributed by atoms with van der Waals surface area (Å²) in [6.45, 7) is 3.02. The fourth-order valence-corrected chi connectivity index (χ4v) is 6.06. The fourth-order valence-electron chi connectivity index (χ4n) is 3.26. The van der Waals surface area contributed by atoms with Crippen molar-refractivity contribution in [1.82, 2.24) is 9.29 Å². The molecule has 114 valence electrons. The van der Waals surface area contributed by atoms with Crippen LogP contribution in [-0.2, 0) is 10.0 Å². The summed E-state index contributed by atoms with van der Waals surface area (Å²) in [4.78, 5) is 4.05. The predicted molar refractivity (Wildman–Crippen MR) is 81.7 cm³/mol. The lowest BCUT2D eigenvalue weighted by atomic mass is 9.78. The summed E-state index contributed by atoms with van der Waals surface area (Å²) in [5.74, 6) is 0.769. The van der Waals surface area contributed by atoms with Crippen molar-refractivity contribution in [3.05, 3.63) is 11.2 Å². The van der Waals surface area contributed by atoms with E-state index in [4.69, 9.17) is 5.73 Å². The van der Waals surface area contributed by atoms with Gasteiger partial charge in [0.05, 0.1) is 11.2 Å². The monoisotopic (exact) mass is 337 g/mol. The number of aromatic nitrogens is 1. The summed E-state index contributed by atoms with van der Waals surface area (Å²) in [7, 11) is -3.37. The Morgan fingerprint density at radius 3 is 2.75 bits per heavy atom. The van der Waals surface area contributed by atoms with Crippen LogP contribution in [0, 0.1) is 18.8 Å². The Bertz CT molecular complexity index is 575. The molecule has 2 N–H and O–H groups in total. The van der Waals surface area contributed by atoms with Gasteiger partial charge in [-0.15, -0.1) is 23.7 Å². The molecule has 20 heavy (non-hydrogen) atoms. The van der Waals surface area contributed by atoms with E-state index >= 15 is 0 Å². The van der Waals surface area contributed by atoms with Gasteiger partial charge >= 0.3 is 0 Å². The number of sulfonamides is 1. The second-order valence-corrected chi connectivity index (χ2v) is 8.94. The van der Waals surface area contributed by atoms with Gasteiger partial charge in [-0.25, -0.2) is 13.4 Å². The lowest BCUT2D eigenvalue weighted by Gasteiger charge is -2.29. The van der Waals surface area contributed by atoms with E-state index in [-0.39, 0.29) is 18.4 Å². The zero-order valence-electron chi connectivity index (χ0n) is 11.4. The highest BCUT2D eigenvalue weighted by molar-refractivity contribution is 7.91. The van der Waals surface area contributed by atoms with Crippen LogP contribution in [0.4, 0.5) is 0 Å². The van der Waals surface area contributed by atoms with Crippen molar-refractivity contribution in [1.29, 1.82) is 0 Å². The summed E-state index contributed by atoms with van der Waals surface area (Å²) in [6, 6.07) is 0.155. The molecular weight excluding hydrogens is 318 g/mol. The van der Waals surface area contributed by atoms with Gasteiger partial charge in [0.2, 0.25) is 0 Å². The topological polar surface area (TPSA) is 76.3 Å². The van der Waals surface area contributed by atoms with Crippen LogP contribution >= 0.6 is 23.7 Å². The Labute approximate surface area is 130 Å². The van der Waals surface area contributed by atoms with Crippen molar-refractivity contribution in [2.24, 2.45) is 17.6 Å². The van der Waals surface area contributed by atoms with E-state index in [1.807, 2.05) is 6.92 Å². The quantitative estimate of drug-likeness (QED) is 0.889. The van der Waals surface area contributed by atoms with Gasteiger partial charge in [0, 0.05) is 19.1 Å². The summed E-state index contributed by atoms with van der Waals surface area (Å²) < 4.78 is 27.1. The highest BCUT2D eigenvalue weighted by atomic mass is 35.5.